The maximum atomic E-state index is 12.1. The first-order chi connectivity index (χ1) is 17.1. The predicted octanol–water partition coefficient (Wildman–Crippen LogP) is 10.0. The Morgan fingerprint density at radius 3 is 1.00 bits per heavy atom. The van der Waals surface area contributed by atoms with Crippen LogP contribution in [-0.4, -0.2) is 18.2 Å². The van der Waals surface area contributed by atoms with E-state index in [1.807, 2.05) is 0 Å². The van der Waals surface area contributed by atoms with Gasteiger partial charge in [0.05, 0.1) is 0 Å². The second kappa shape index (κ2) is 27.5. The first-order valence-corrected chi connectivity index (χ1v) is 15.3. The lowest BCUT2D eigenvalue weighted by Gasteiger charge is -2.16. The van der Waals surface area contributed by atoms with Crippen LogP contribution in [0.3, 0.4) is 0 Å². The predicted molar refractivity (Wildman–Crippen MR) is 148 cm³/mol. The van der Waals surface area contributed by atoms with Crippen LogP contribution in [0.5, 0.6) is 0 Å². The van der Waals surface area contributed by atoms with E-state index in [9.17, 15) is 9.59 Å². The van der Waals surface area contributed by atoms with Gasteiger partial charge in [-0.05, 0) is 19.8 Å². The minimum Gasteiger partial charge on any atom is -0.425 e. The van der Waals surface area contributed by atoms with Crippen molar-refractivity contribution in [1.29, 1.82) is 0 Å². The quantitative estimate of drug-likeness (QED) is 0.0646. The normalized spacial score (nSPS) is 11.2. The van der Waals surface area contributed by atoms with Crippen molar-refractivity contribution in [3.8, 4) is 0 Å². The number of unbranched alkanes of at least 4 members (excludes halogenated alkanes) is 20. The van der Waals surface area contributed by atoms with E-state index in [-0.39, 0.29) is 18.4 Å². The molecule has 0 bridgehead atoms. The van der Waals surface area contributed by atoms with E-state index in [1.165, 1.54) is 116 Å². The molecule has 0 saturated heterocycles. The molecule has 0 unspecified atom stereocenters. The van der Waals surface area contributed by atoms with Crippen molar-refractivity contribution in [2.75, 3.05) is 0 Å². The van der Waals surface area contributed by atoms with Crippen LogP contribution < -0.4 is 0 Å². The zero-order valence-electron chi connectivity index (χ0n) is 23.6. The highest BCUT2D eigenvalue weighted by molar-refractivity contribution is 5.71. The first kappa shape index (κ1) is 33.9. The fraction of sp³-hybridized carbons (Fsp3) is 0.903. The lowest BCUT2D eigenvalue weighted by molar-refractivity contribution is -0.187. The Balaban J connectivity index is 3.58. The van der Waals surface area contributed by atoms with Crippen LogP contribution in [0.1, 0.15) is 174 Å². The highest BCUT2D eigenvalue weighted by atomic mass is 16.7. The SMILES string of the molecule is [CH2]CC(OC(=O)CCCCCCCCCCCCC)OC(=O)CCCCCCCCCCCCC. The number of rotatable bonds is 27. The van der Waals surface area contributed by atoms with Crippen LogP contribution in [0, 0.1) is 6.92 Å². The van der Waals surface area contributed by atoms with Crippen LogP contribution in [-0.2, 0) is 19.1 Å². The number of ether oxygens (including phenoxy) is 2. The summed E-state index contributed by atoms with van der Waals surface area (Å²) < 4.78 is 10.6. The van der Waals surface area contributed by atoms with E-state index in [4.69, 9.17) is 9.47 Å². The molecule has 0 aliphatic carbocycles. The molecule has 4 heteroatoms. The summed E-state index contributed by atoms with van der Waals surface area (Å²) in [4.78, 5) is 24.1. The van der Waals surface area contributed by atoms with E-state index < -0.39 is 6.29 Å². The molecule has 4 nitrogen and oxygen atoms in total. The molecule has 207 valence electrons. The smallest absolute Gasteiger partial charge is 0.308 e. The average Bonchev–Trinajstić information content (AvgIpc) is 2.85. The van der Waals surface area contributed by atoms with Crippen LogP contribution >= 0.6 is 0 Å². The standard InChI is InChI=1S/C31H59O4/c1-4-7-9-11-13-15-17-19-21-23-25-27-29(32)34-31(6-3)35-30(33)28-26-24-22-20-18-16-14-12-10-8-5-2/h31H,3-28H2,1-2H3. The summed E-state index contributed by atoms with van der Waals surface area (Å²) >= 11 is 0. The van der Waals surface area contributed by atoms with E-state index in [0.29, 0.717) is 12.8 Å². The van der Waals surface area contributed by atoms with Crippen molar-refractivity contribution in [3.05, 3.63) is 6.92 Å². The Hall–Kier alpha value is -1.06. The second-order valence-electron chi connectivity index (χ2n) is 10.3. The van der Waals surface area contributed by atoms with E-state index in [0.717, 1.165) is 25.7 Å². The van der Waals surface area contributed by atoms with Gasteiger partial charge < -0.3 is 9.47 Å². The average molecular weight is 496 g/mol. The van der Waals surface area contributed by atoms with Gasteiger partial charge in [-0.15, -0.1) is 0 Å². The Morgan fingerprint density at radius 2 is 0.743 bits per heavy atom. The monoisotopic (exact) mass is 495 g/mol. The van der Waals surface area contributed by atoms with Crippen molar-refractivity contribution < 1.29 is 19.1 Å². The molecule has 0 amide bonds. The summed E-state index contributed by atoms with van der Waals surface area (Å²) in [5, 5.41) is 0. The molecule has 35 heavy (non-hydrogen) atoms. The zero-order valence-corrected chi connectivity index (χ0v) is 23.6. The Kier molecular flexibility index (Phi) is 26.7. The Morgan fingerprint density at radius 1 is 0.486 bits per heavy atom. The lowest BCUT2D eigenvalue weighted by atomic mass is 10.1. The maximum absolute atomic E-state index is 12.1. The third-order valence-electron chi connectivity index (χ3n) is 6.73. The van der Waals surface area contributed by atoms with Crippen molar-refractivity contribution >= 4 is 11.9 Å². The van der Waals surface area contributed by atoms with Crippen molar-refractivity contribution in [2.45, 2.75) is 181 Å². The van der Waals surface area contributed by atoms with Crippen LogP contribution in [0.2, 0.25) is 0 Å². The Bertz CT molecular complexity index is 423. The molecule has 0 aliphatic heterocycles. The van der Waals surface area contributed by atoms with Gasteiger partial charge in [-0.1, -0.05) is 142 Å². The molecule has 0 saturated carbocycles. The number of carbonyl (C=O) groups excluding carboxylic acids is 2. The molecule has 0 N–H and O–H groups in total. The third kappa shape index (κ3) is 25.8. The molecular weight excluding hydrogens is 436 g/mol. The van der Waals surface area contributed by atoms with Gasteiger partial charge in [0.1, 0.15) is 0 Å². The Labute approximate surface area is 218 Å². The second-order valence-corrected chi connectivity index (χ2v) is 10.3. The van der Waals surface area contributed by atoms with Crippen LogP contribution in [0.15, 0.2) is 0 Å². The molecule has 0 aromatic rings. The molecule has 0 atom stereocenters. The topological polar surface area (TPSA) is 52.6 Å². The highest BCUT2D eigenvalue weighted by Crippen LogP contribution is 2.14. The number of hydrogen-bond donors (Lipinski definition) is 0. The molecule has 0 fully saturated rings. The van der Waals surface area contributed by atoms with Gasteiger partial charge in [0, 0.05) is 19.3 Å². The van der Waals surface area contributed by atoms with Gasteiger partial charge in [-0.25, -0.2) is 0 Å². The maximum Gasteiger partial charge on any atom is 0.308 e. The number of carbonyl (C=O) groups is 2. The minimum atomic E-state index is -0.838. The van der Waals surface area contributed by atoms with Gasteiger partial charge in [0.15, 0.2) is 0 Å². The first-order valence-electron chi connectivity index (χ1n) is 15.3. The summed E-state index contributed by atoms with van der Waals surface area (Å²) in [6.07, 6.45) is 27.7. The summed E-state index contributed by atoms with van der Waals surface area (Å²) in [5.41, 5.74) is 0. The van der Waals surface area contributed by atoms with Crippen LogP contribution in [0.4, 0.5) is 0 Å². The molecule has 0 rings (SSSR count). The zero-order chi connectivity index (χ0) is 25.8. The van der Waals surface area contributed by atoms with Gasteiger partial charge >= 0.3 is 11.9 Å². The van der Waals surface area contributed by atoms with E-state index in [2.05, 4.69) is 20.8 Å². The van der Waals surface area contributed by atoms with Gasteiger partial charge in [-0.2, -0.15) is 0 Å². The van der Waals surface area contributed by atoms with Gasteiger partial charge in [0.25, 0.3) is 0 Å². The molecule has 0 aromatic heterocycles. The number of esters is 2. The van der Waals surface area contributed by atoms with Gasteiger partial charge in [0.2, 0.25) is 6.29 Å². The lowest BCUT2D eigenvalue weighted by Crippen LogP contribution is -2.24. The van der Waals surface area contributed by atoms with Crippen molar-refractivity contribution in [2.24, 2.45) is 0 Å². The fourth-order valence-electron chi connectivity index (χ4n) is 4.42. The third-order valence-corrected chi connectivity index (χ3v) is 6.73. The molecule has 0 aliphatic rings. The summed E-state index contributed by atoms with van der Waals surface area (Å²) in [5.74, 6) is -0.561. The van der Waals surface area contributed by atoms with Crippen LogP contribution in [0.25, 0.3) is 0 Å². The summed E-state index contributed by atoms with van der Waals surface area (Å²) in [7, 11) is 0. The van der Waals surface area contributed by atoms with E-state index in [1.54, 1.807) is 0 Å². The largest absolute Gasteiger partial charge is 0.425 e. The molecule has 0 aromatic carbocycles. The molecular formula is C31H59O4. The van der Waals surface area contributed by atoms with Crippen molar-refractivity contribution in [1.82, 2.24) is 0 Å². The fourth-order valence-corrected chi connectivity index (χ4v) is 4.42. The number of hydrogen-bond acceptors (Lipinski definition) is 4. The molecule has 1 radical (unpaired) electrons. The summed E-state index contributed by atoms with van der Waals surface area (Å²) in [6.45, 7) is 8.27. The molecule has 0 spiro atoms. The molecule has 0 heterocycles. The summed E-state index contributed by atoms with van der Waals surface area (Å²) in [6, 6.07) is 0. The van der Waals surface area contributed by atoms with Gasteiger partial charge in [-0.3, -0.25) is 9.59 Å². The minimum absolute atomic E-state index is 0.258. The highest BCUT2D eigenvalue weighted by Gasteiger charge is 2.16. The van der Waals surface area contributed by atoms with Crippen molar-refractivity contribution in [3.63, 3.8) is 0 Å². The van der Waals surface area contributed by atoms with E-state index >= 15 is 0 Å².